The van der Waals surface area contributed by atoms with E-state index in [4.69, 9.17) is 0 Å². The van der Waals surface area contributed by atoms with Gasteiger partial charge in [-0.2, -0.15) is 0 Å². The predicted octanol–water partition coefficient (Wildman–Crippen LogP) is 1.72. The molecule has 0 aliphatic carbocycles. The van der Waals surface area contributed by atoms with Crippen molar-refractivity contribution in [1.82, 2.24) is 4.57 Å². The van der Waals surface area contributed by atoms with Crippen molar-refractivity contribution < 1.29 is 4.92 Å². The second-order valence-corrected chi connectivity index (χ2v) is 3.93. The second kappa shape index (κ2) is 4.25. The number of aryl methyl sites for hydroxylation is 1. The maximum atomic E-state index is 11.7. The maximum absolute atomic E-state index is 11.7. The van der Waals surface area contributed by atoms with Crippen molar-refractivity contribution in [2.24, 2.45) is 5.92 Å². The predicted molar refractivity (Wildman–Crippen MR) is 56.9 cm³/mol. The van der Waals surface area contributed by atoms with Crippen molar-refractivity contribution in [2.75, 3.05) is 0 Å². The Balaban J connectivity index is 3.31. The highest BCUT2D eigenvalue weighted by Gasteiger charge is 2.15. The molecule has 0 aromatic carbocycles. The zero-order chi connectivity index (χ0) is 11.6. The molecule has 82 valence electrons. The van der Waals surface area contributed by atoms with Crippen LogP contribution in [0.5, 0.6) is 0 Å². The van der Waals surface area contributed by atoms with Crippen LogP contribution in [0, 0.1) is 23.0 Å². The molecule has 0 radical (unpaired) electrons. The molecule has 1 aromatic rings. The summed E-state index contributed by atoms with van der Waals surface area (Å²) < 4.78 is 1.45. The summed E-state index contributed by atoms with van der Waals surface area (Å²) >= 11 is 0. The zero-order valence-corrected chi connectivity index (χ0v) is 9.06. The number of pyridine rings is 1. The maximum Gasteiger partial charge on any atom is 0.334 e. The lowest BCUT2D eigenvalue weighted by Crippen LogP contribution is -2.26. The summed E-state index contributed by atoms with van der Waals surface area (Å²) in [6.07, 6.45) is 0. The van der Waals surface area contributed by atoms with Gasteiger partial charge in [0.25, 0.3) is 0 Å². The molecule has 0 atom stereocenters. The molecule has 5 nitrogen and oxygen atoms in total. The summed E-state index contributed by atoms with van der Waals surface area (Å²) in [6, 6.07) is 2.86. The van der Waals surface area contributed by atoms with Crippen LogP contribution in [0.2, 0.25) is 0 Å². The molecule has 0 bridgehead atoms. The molecule has 0 saturated heterocycles. The Morgan fingerprint density at radius 1 is 1.47 bits per heavy atom. The molecule has 0 unspecified atom stereocenters. The first-order valence-corrected chi connectivity index (χ1v) is 4.78. The number of nitrogens with zero attached hydrogens (tertiary/aromatic N) is 2. The van der Waals surface area contributed by atoms with Gasteiger partial charge in [-0.25, -0.2) is 0 Å². The summed E-state index contributed by atoms with van der Waals surface area (Å²) in [4.78, 5) is 21.6. The lowest BCUT2D eigenvalue weighted by molar-refractivity contribution is -0.386. The van der Waals surface area contributed by atoms with Crippen LogP contribution < -0.4 is 5.56 Å². The van der Waals surface area contributed by atoms with Gasteiger partial charge < -0.3 is 4.57 Å². The molecule has 0 saturated carbocycles. The van der Waals surface area contributed by atoms with Gasteiger partial charge in [0.2, 0.25) is 0 Å². The molecule has 0 spiro atoms. The van der Waals surface area contributed by atoms with Crippen molar-refractivity contribution in [3.8, 4) is 0 Å². The molecule has 1 heterocycles. The van der Waals surface area contributed by atoms with E-state index in [1.165, 1.54) is 10.6 Å². The van der Waals surface area contributed by atoms with Crippen molar-refractivity contribution >= 4 is 5.69 Å². The Morgan fingerprint density at radius 2 is 2.07 bits per heavy atom. The van der Waals surface area contributed by atoms with E-state index in [2.05, 4.69) is 0 Å². The van der Waals surface area contributed by atoms with Gasteiger partial charge in [-0.1, -0.05) is 13.8 Å². The molecule has 1 aromatic heterocycles. The summed E-state index contributed by atoms with van der Waals surface area (Å²) in [7, 11) is 0. The van der Waals surface area contributed by atoms with E-state index < -0.39 is 10.5 Å². The van der Waals surface area contributed by atoms with E-state index in [0.717, 1.165) is 5.69 Å². The quantitative estimate of drug-likeness (QED) is 0.563. The fourth-order valence-corrected chi connectivity index (χ4v) is 1.39. The average molecular weight is 210 g/mol. The van der Waals surface area contributed by atoms with Crippen LogP contribution in [0.4, 0.5) is 5.69 Å². The van der Waals surface area contributed by atoms with Crippen molar-refractivity contribution in [2.45, 2.75) is 27.3 Å². The van der Waals surface area contributed by atoms with Crippen LogP contribution in [-0.4, -0.2) is 9.49 Å². The van der Waals surface area contributed by atoms with Crippen LogP contribution in [0.15, 0.2) is 16.9 Å². The van der Waals surface area contributed by atoms with E-state index in [1.807, 2.05) is 13.8 Å². The summed E-state index contributed by atoms with van der Waals surface area (Å²) in [5.41, 5.74) is -0.130. The van der Waals surface area contributed by atoms with Gasteiger partial charge in [0.1, 0.15) is 0 Å². The monoisotopic (exact) mass is 210 g/mol. The third-order valence-corrected chi connectivity index (χ3v) is 2.12. The standard InChI is InChI=1S/C10H14N2O3/c1-7(2)6-11-8(3)4-5-9(10(11)13)12(14)15/h4-5,7H,6H2,1-3H3. The van der Waals surface area contributed by atoms with Crippen LogP contribution >= 0.6 is 0 Å². The number of aromatic nitrogens is 1. The second-order valence-electron chi connectivity index (χ2n) is 3.93. The Morgan fingerprint density at radius 3 is 2.53 bits per heavy atom. The highest BCUT2D eigenvalue weighted by Crippen LogP contribution is 2.07. The van der Waals surface area contributed by atoms with Gasteiger partial charge in [-0.05, 0) is 18.9 Å². The number of nitro groups is 1. The van der Waals surface area contributed by atoms with E-state index in [-0.39, 0.29) is 11.6 Å². The van der Waals surface area contributed by atoms with Gasteiger partial charge in [-0.15, -0.1) is 0 Å². The zero-order valence-electron chi connectivity index (χ0n) is 9.06. The molecule has 1 rings (SSSR count). The number of rotatable bonds is 3. The van der Waals surface area contributed by atoms with Gasteiger partial charge in [-0.3, -0.25) is 14.9 Å². The van der Waals surface area contributed by atoms with Crippen LogP contribution in [0.25, 0.3) is 0 Å². The van der Waals surface area contributed by atoms with Gasteiger partial charge >= 0.3 is 11.2 Å². The molecule has 0 N–H and O–H groups in total. The summed E-state index contributed by atoms with van der Waals surface area (Å²) in [5.74, 6) is 0.281. The van der Waals surface area contributed by atoms with E-state index in [9.17, 15) is 14.9 Å². The molecule has 15 heavy (non-hydrogen) atoms. The van der Waals surface area contributed by atoms with E-state index >= 15 is 0 Å². The summed E-state index contributed by atoms with van der Waals surface area (Å²) in [5, 5.41) is 10.6. The van der Waals surface area contributed by atoms with Gasteiger partial charge in [0, 0.05) is 18.3 Å². The lowest BCUT2D eigenvalue weighted by Gasteiger charge is -2.11. The fraction of sp³-hybridized carbons (Fsp3) is 0.500. The van der Waals surface area contributed by atoms with Crippen LogP contribution in [-0.2, 0) is 6.54 Å². The Kier molecular flexibility index (Phi) is 3.24. The number of hydrogen-bond donors (Lipinski definition) is 0. The highest BCUT2D eigenvalue weighted by atomic mass is 16.6. The smallest absolute Gasteiger partial charge is 0.307 e. The average Bonchev–Trinajstić information content (AvgIpc) is 2.11. The minimum atomic E-state index is -0.640. The number of hydrogen-bond acceptors (Lipinski definition) is 3. The van der Waals surface area contributed by atoms with Gasteiger partial charge in [0.15, 0.2) is 0 Å². The lowest BCUT2D eigenvalue weighted by atomic mass is 10.2. The molecule has 0 amide bonds. The molecule has 0 aliphatic rings. The Hall–Kier alpha value is -1.65. The highest BCUT2D eigenvalue weighted by molar-refractivity contribution is 5.27. The third kappa shape index (κ3) is 2.43. The summed E-state index contributed by atoms with van der Waals surface area (Å²) in [6.45, 7) is 6.20. The first kappa shape index (κ1) is 11.4. The topological polar surface area (TPSA) is 65.1 Å². The van der Waals surface area contributed by atoms with Crippen LogP contribution in [0.3, 0.4) is 0 Å². The van der Waals surface area contributed by atoms with Gasteiger partial charge in [0.05, 0.1) is 4.92 Å². The molecular formula is C10H14N2O3. The molecule has 5 heteroatoms. The fourth-order valence-electron chi connectivity index (χ4n) is 1.39. The minimum Gasteiger partial charge on any atom is -0.307 e. The van der Waals surface area contributed by atoms with E-state index in [1.54, 1.807) is 13.0 Å². The first-order valence-electron chi connectivity index (χ1n) is 4.78. The normalized spacial score (nSPS) is 10.7. The molecular weight excluding hydrogens is 196 g/mol. The Labute approximate surface area is 87.5 Å². The first-order chi connectivity index (χ1) is 6.93. The molecule has 0 aliphatic heterocycles. The Bertz CT molecular complexity index is 435. The van der Waals surface area contributed by atoms with E-state index in [0.29, 0.717) is 6.54 Å². The third-order valence-electron chi connectivity index (χ3n) is 2.12. The van der Waals surface area contributed by atoms with Crippen molar-refractivity contribution in [3.05, 3.63) is 38.3 Å². The molecule has 0 fully saturated rings. The largest absolute Gasteiger partial charge is 0.334 e. The van der Waals surface area contributed by atoms with Crippen molar-refractivity contribution in [1.29, 1.82) is 0 Å². The SMILES string of the molecule is Cc1ccc([N+](=O)[O-])c(=O)n1CC(C)C. The van der Waals surface area contributed by atoms with Crippen LogP contribution in [0.1, 0.15) is 19.5 Å². The van der Waals surface area contributed by atoms with Crippen molar-refractivity contribution in [3.63, 3.8) is 0 Å². The minimum absolute atomic E-state index is 0.281.